The van der Waals surface area contributed by atoms with Crippen LogP contribution in [0.3, 0.4) is 0 Å². The predicted molar refractivity (Wildman–Crippen MR) is 104 cm³/mol. The first kappa shape index (κ1) is 17.1. The molecule has 4 rings (SSSR count). The van der Waals surface area contributed by atoms with Crippen LogP contribution in [0.2, 0.25) is 5.02 Å². The molecule has 8 heteroatoms. The minimum atomic E-state index is -0.419. The molecule has 2 heterocycles. The van der Waals surface area contributed by atoms with Gasteiger partial charge in [0.15, 0.2) is 5.82 Å². The van der Waals surface area contributed by atoms with Crippen LogP contribution in [0.1, 0.15) is 29.9 Å². The molecule has 2 aromatic rings. The summed E-state index contributed by atoms with van der Waals surface area (Å²) in [4.78, 5) is 0. The summed E-state index contributed by atoms with van der Waals surface area (Å²) in [5.41, 5.74) is 21.6. The summed E-state index contributed by atoms with van der Waals surface area (Å²) in [5, 5.41) is 16.9. The number of hydrogen-bond donors (Lipinski definition) is 4. The molecule has 1 aromatic carbocycles. The predicted octanol–water partition coefficient (Wildman–Crippen LogP) is 3.17. The molecule has 0 saturated carbocycles. The van der Waals surface area contributed by atoms with Crippen LogP contribution < -0.4 is 17.2 Å². The third kappa shape index (κ3) is 2.71. The van der Waals surface area contributed by atoms with Gasteiger partial charge in [-0.1, -0.05) is 35.9 Å². The summed E-state index contributed by atoms with van der Waals surface area (Å²) in [5.74, 6) is 1.16. The number of nitrogen functional groups attached to an aromatic ring is 2. The Labute approximate surface area is 160 Å². The minimum Gasteiger partial charge on any atom is -0.445 e. The number of allylic oxidation sites excluding steroid dienone is 5. The molecule has 136 valence electrons. The van der Waals surface area contributed by atoms with E-state index >= 15 is 0 Å². The summed E-state index contributed by atoms with van der Waals surface area (Å²) in [7, 11) is 0. The lowest BCUT2D eigenvalue weighted by molar-refractivity contribution is 0.266. The van der Waals surface area contributed by atoms with E-state index in [4.69, 9.17) is 33.5 Å². The number of anilines is 2. The van der Waals surface area contributed by atoms with E-state index in [2.05, 4.69) is 16.3 Å². The third-order valence-electron chi connectivity index (χ3n) is 4.85. The maximum absolute atomic E-state index is 9.70. The molecule has 1 atom stereocenters. The van der Waals surface area contributed by atoms with E-state index in [1.54, 1.807) is 6.07 Å². The van der Waals surface area contributed by atoms with Gasteiger partial charge in [-0.05, 0) is 23.6 Å². The highest BCUT2D eigenvalue weighted by molar-refractivity contribution is 6.31. The number of rotatable bonds is 2. The Hall–Kier alpha value is -3.37. The number of aromatic nitrogens is 2. The Morgan fingerprint density at radius 1 is 1.22 bits per heavy atom. The Bertz CT molecular complexity index is 1050. The van der Waals surface area contributed by atoms with Crippen molar-refractivity contribution >= 4 is 28.8 Å². The highest BCUT2D eigenvalue weighted by Crippen LogP contribution is 2.47. The minimum absolute atomic E-state index is 0.111. The van der Waals surface area contributed by atoms with Crippen molar-refractivity contribution in [2.75, 3.05) is 11.5 Å². The van der Waals surface area contributed by atoms with Crippen LogP contribution in [-0.2, 0) is 4.74 Å². The van der Waals surface area contributed by atoms with Crippen molar-refractivity contribution in [1.29, 1.82) is 5.26 Å². The zero-order valence-electron chi connectivity index (χ0n) is 14.3. The molecule has 2 aliphatic rings. The fraction of sp³-hybridized carbons (Fsp3) is 0.158. The van der Waals surface area contributed by atoms with Gasteiger partial charge in [0.1, 0.15) is 23.2 Å². The van der Waals surface area contributed by atoms with Crippen molar-refractivity contribution in [2.24, 2.45) is 5.73 Å². The molecular formula is C19H17ClN6O. The number of H-pyrrole nitrogens is 1. The number of hydrogen-bond acceptors (Lipinski definition) is 6. The van der Waals surface area contributed by atoms with Crippen molar-refractivity contribution in [3.63, 3.8) is 0 Å². The van der Waals surface area contributed by atoms with Gasteiger partial charge in [-0.25, -0.2) is 0 Å². The van der Waals surface area contributed by atoms with Crippen molar-refractivity contribution in [3.8, 4) is 6.07 Å². The average molecular weight is 381 g/mol. The van der Waals surface area contributed by atoms with E-state index in [0.717, 1.165) is 22.5 Å². The molecule has 1 unspecified atom stereocenters. The van der Waals surface area contributed by atoms with Crippen LogP contribution >= 0.6 is 11.6 Å². The average Bonchev–Trinajstić information content (AvgIpc) is 2.99. The maximum Gasteiger partial charge on any atom is 0.205 e. The van der Waals surface area contributed by atoms with E-state index in [9.17, 15) is 5.26 Å². The van der Waals surface area contributed by atoms with Gasteiger partial charge in [0, 0.05) is 17.0 Å². The van der Waals surface area contributed by atoms with Gasteiger partial charge in [0.25, 0.3) is 0 Å². The Kier molecular flexibility index (Phi) is 4.05. The Balaban J connectivity index is 1.90. The smallest absolute Gasteiger partial charge is 0.205 e. The first-order valence-corrected chi connectivity index (χ1v) is 8.74. The lowest BCUT2D eigenvalue weighted by atomic mass is 9.78. The molecule has 27 heavy (non-hydrogen) atoms. The number of nitrogens with one attached hydrogen (secondary N) is 1. The van der Waals surface area contributed by atoms with Gasteiger partial charge < -0.3 is 21.9 Å². The van der Waals surface area contributed by atoms with Crippen LogP contribution in [0, 0.1) is 11.3 Å². The zero-order chi connectivity index (χ0) is 19.1. The van der Waals surface area contributed by atoms with Gasteiger partial charge >= 0.3 is 0 Å². The molecule has 7 N–H and O–H groups in total. The van der Waals surface area contributed by atoms with Crippen molar-refractivity contribution in [2.45, 2.75) is 18.8 Å². The Morgan fingerprint density at radius 3 is 2.67 bits per heavy atom. The topological polar surface area (TPSA) is 140 Å². The van der Waals surface area contributed by atoms with Gasteiger partial charge in [-0.15, -0.1) is 0 Å². The van der Waals surface area contributed by atoms with E-state index < -0.39 is 5.92 Å². The second-order valence-electron chi connectivity index (χ2n) is 6.39. The normalized spacial score (nSPS) is 19.3. The number of nitriles is 1. The number of nitrogens with zero attached hydrogens (tertiary/aromatic N) is 2. The van der Waals surface area contributed by atoms with Crippen molar-refractivity contribution < 1.29 is 4.74 Å². The van der Waals surface area contributed by atoms with Gasteiger partial charge in [-0.3, -0.25) is 5.10 Å². The van der Waals surface area contributed by atoms with Gasteiger partial charge in [-0.2, -0.15) is 10.4 Å². The number of ether oxygens (including phenoxy) is 1. The third-order valence-corrected chi connectivity index (χ3v) is 5.20. The summed E-state index contributed by atoms with van der Waals surface area (Å²) in [6, 6.07) is 9.57. The highest BCUT2D eigenvalue weighted by Gasteiger charge is 2.35. The largest absolute Gasteiger partial charge is 0.445 e. The zero-order valence-corrected chi connectivity index (χ0v) is 15.0. The van der Waals surface area contributed by atoms with Gasteiger partial charge in [0.2, 0.25) is 5.88 Å². The van der Waals surface area contributed by atoms with Crippen LogP contribution in [0.4, 0.5) is 11.6 Å². The number of benzene rings is 1. The van der Waals surface area contributed by atoms with E-state index in [-0.39, 0.29) is 5.88 Å². The maximum atomic E-state index is 9.70. The fourth-order valence-corrected chi connectivity index (χ4v) is 3.87. The standard InChI is InChI=1S/C19H17ClN6O/c20-13-4-2-1-3-10(13)16-11-7-9(15-17(22)25-26-18(15)23)5-6-14(11)27-19(24)12(16)8-21/h1-4,7,16H,5-6,24H2,(H5,22,23,25,26). The first-order chi connectivity index (χ1) is 13.0. The summed E-state index contributed by atoms with van der Waals surface area (Å²) in [6.45, 7) is 0. The van der Waals surface area contributed by atoms with Crippen LogP contribution in [-0.4, -0.2) is 10.2 Å². The molecule has 1 aromatic heterocycles. The number of nitrogens with two attached hydrogens (primary N) is 3. The lowest BCUT2D eigenvalue weighted by Gasteiger charge is -2.31. The molecule has 0 radical (unpaired) electrons. The van der Waals surface area contributed by atoms with Crippen molar-refractivity contribution in [3.05, 3.63) is 69.3 Å². The van der Waals surface area contributed by atoms with E-state index in [0.29, 0.717) is 40.6 Å². The quantitative estimate of drug-likeness (QED) is 0.630. The summed E-state index contributed by atoms with van der Waals surface area (Å²) < 4.78 is 5.75. The van der Waals surface area contributed by atoms with E-state index in [1.165, 1.54) is 0 Å². The Morgan fingerprint density at radius 2 is 2.00 bits per heavy atom. The molecule has 0 spiro atoms. The second kappa shape index (κ2) is 6.41. The van der Waals surface area contributed by atoms with Gasteiger partial charge in [0.05, 0.1) is 11.5 Å². The van der Waals surface area contributed by atoms with Crippen LogP contribution in [0.25, 0.3) is 5.57 Å². The molecule has 0 bridgehead atoms. The first-order valence-electron chi connectivity index (χ1n) is 8.36. The van der Waals surface area contributed by atoms with Crippen LogP contribution in [0.5, 0.6) is 0 Å². The summed E-state index contributed by atoms with van der Waals surface area (Å²) in [6.07, 6.45) is 3.22. The number of aromatic amines is 1. The molecule has 0 amide bonds. The molecule has 7 nitrogen and oxygen atoms in total. The van der Waals surface area contributed by atoms with Crippen molar-refractivity contribution in [1.82, 2.24) is 10.2 Å². The van der Waals surface area contributed by atoms with Crippen LogP contribution in [0.15, 0.2) is 53.1 Å². The molecule has 1 aliphatic heterocycles. The SMILES string of the molecule is N#CC1=C(N)OC2=C(C=C(c3c(N)n[nH]c3N)CC2)C1c1ccccc1Cl. The van der Waals surface area contributed by atoms with E-state index in [1.807, 2.05) is 24.3 Å². The molecular weight excluding hydrogens is 364 g/mol. The number of halogens is 1. The molecule has 1 aliphatic carbocycles. The lowest BCUT2D eigenvalue weighted by Crippen LogP contribution is -2.22. The second-order valence-corrected chi connectivity index (χ2v) is 6.80. The fourth-order valence-electron chi connectivity index (χ4n) is 3.63. The highest BCUT2D eigenvalue weighted by atomic mass is 35.5. The molecule has 0 fully saturated rings. The summed E-state index contributed by atoms with van der Waals surface area (Å²) >= 11 is 6.43. The molecule has 0 saturated heterocycles. The monoisotopic (exact) mass is 380 g/mol.